The zero-order valence-electron chi connectivity index (χ0n) is 10.1. The van der Waals surface area contributed by atoms with Crippen LogP contribution in [0, 0.1) is 0 Å². The van der Waals surface area contributed by atoms with E-state index in [1.165, 1.54) is 5.69 Å². The van der Waals surface area contributed by atoms with E-state index < -0.39 is 0 Å². The minimum absolute atomic E-state index is 0.290. The number of H-pyrrole nitrogens is 1. The van der Waals surface area contributed by atoms with Crippen LogP contribution >= 0.6 is 0 Å². The second kappa shape index (κ2) is 4.66. The van der Waals surface area contributed by atoms with Gasteiger partial charge in [0.05, 0.1) is 6.61 Å². The van der Waals surface area contributed by atoms with Crippen molar-refractivity contribution in [2.75, 3.05) is 31.2 Å². The highest BCUT2D eigenvalue weighted by Gasteiger charge is 2.23. The van der Waals surface area contributed by atoms with E-state index >= 15 is 0 Å². The second-order valence-electron chi connectivity index (χ2n) is 5.09. The van der Waals surface area contributed by atoms with Crippen molar-refractivity contribution in [3.63, 3.8) is 0 Å². The highest BCUT2D eigenvalue weighted by atomic mass is 16.5. The Balaban J connectivity index is 1.70. The number of hydrogen-bond acceptors (Lipinski definition) is 4. The van der Waals surface area contributed by atoms with E-state index in [1.807, 2.05) is 0 Å². The summed E-state index contributed by atoms with van der Waals surface area (Å²) in [5.74, 6) is 1.54. The van der Waals surface area contributed by atoms with Crippen LogP contribution in [0.1, 0.15) is 30.9 Å². The summed E-state index contributed by atoms with van der Waals surface area (Å²) in [6, 6.07) is 2.45. The number of aromatic nitrogens is 2. The normalized spacial score (nSPS) is 29.8. The van der Waals surface area contributed by atoms with Gasteiger partial charge in [0.15, 0.2) is 5.82 Å². The Morgan fingerprint density at radius 3 is 3.18 bits per heavy atom. The lowest BCUT2D eigenvalue weighted by molar-refractivity contribution is 0.193. The molecule has 1 aromatic heterocycles. The molecular formula is C12H20N4O. The van der Waals surface area contributed by atoms with Crippen molar-refractivity contribution in [3.05, 3.63) is 11.8 Å². The average molecular weight is 236 g/mol. The quantitative estimate of drug-likeness (QED) is 0.798. The first-order valence-electron chi connectivity index (χ1n) is 6.46. The Hall–Kier alpha value is -1.07. The molecule has 3 heterocycles. The molecule has 3 rings (SSSR count). The van der Waals surface area contributed by atoms with Gasteiger partial charge in [0.25, 0.3) is 0 Å². The first-order chi connectivity index (χ1) is 8.33. The molecule has 3 N–H and O–H groups in total. The van der Waals surface area contributed by atoms with E-state index in [2.05, 4.69) is 21.2 Å². The molecule has 2 aliphatic rings. The molecule has 2 saturated heterocycles. The molecule has 5 heteroatoms. The van der Waals surface area contributed by atoms with Crippen LogP contribution in [-0.4, -0.2) is 42.5 Å². The summed E-state index contributed by atoms with van der Waals surface area (Å²) in [5, 5.41) is 7.56. The Morgan fingerprint density at radius 2 is 2.41 bits per heavy atom. The van der Waals surface area contributed by atoms with Crippen molar-refractivity contribution >= 4 is 5.82 Å². The fourth-order valence-electron chi connectivity index (χ4n) is 2.69. The number of piperidine rings is 1. The van der Waals surface area contributed by atoms with Gasteiger partial charge in [-0.05, 0) is 19.3 Å². The largest absolute Gasteiger partial charge is 0.381 e. The molecule has 0 spiro atoms. The number of nitrogens with one attached hydrogen (secondary N) is 1. The van der Waals surface area contributed by atoms with E-state index in [9.17, 15) is 0 Å². The molecule has 0 aromatic carbocycles. The molecule has 0 aliphatic carbocycles. The molecular weight excluding hydrogens is 216 g/mol. The molecule has 17 heavy (non-hydrogen) atoms. The molecule has 2 atom stereocenters. The van der Waals surface area contributed by atoms with Crippen molar-refractivity contribution in [2.24, 2.45) is 5.73 Å². The van der Waals surface area contributed by atoms with Gasteiger partial charge >= 0.3 is 0 Å². The molecule has 0 radical (unpaired) electrons. The molecule has 2 fully saturated rings. The second-order valence-corrected chi connectivity index (χ2v) is 5.09. The van der Waals surface area contributed by atoms with Crippen molar-refractivity contribution in [1.29, 1.82) is 0 Å². The summed E-state index contributed by atoms with van der Waals surface area (Å²) >= 11 is 0. The fourth-order valence-corrected chi connectivity index (χ4v) is 2.69. The molecule has 2 unspecified atom stereocenters. The van der Waals surface area contributed by atoms with Gasteiger partial charge in [-0.3, -0.25) is 5.10 Å². The van der Waals surface area contributed by atoms with Gasteiger partial charge in [-0.25, -0.2) is 0 Å². The molecule has 0 saturated carbocycles. The summed E-state index contributed by atoms with van der Waals surface area (Å²) in [6.07, 6.45) is 3.39. The number of hydrogen-bond donors (Lipinski definition) is 2. The predicted molar refractivity (Wildman–Crippen MR) is 66.2 cm³/mol. The lowest BCUT2D eigenvalue weighted by atomic mass is 10.0. The Bertz CT molecular complexity index is 372. The van der Waals surface area contributed by atoms with E-state index in [4.69, 9.17) is 10.5 Å². The van der Waals surface area contributed by atoms with Crippen LogP contribution in [-0.2, 0) is 4.74 Å². The first kappa shape index (κ1) is 11.0. The molecule has 2 aliphatic heterocycles. The van der Waals surface area contributed by atoms with Gasteiger partial charge in [0.1, 0.15) is 0 Å². The molecule has 0 bridgehead atoms. The van der Waals surface area contributed by atoms with E-state index in [1.54, 1.807) is 0 Å². The highest BCUT2D eigenvalue weighted by Crippen LogP contribution is 2.27. The van der Waals surface area contributed by atoms with Crippen LogP contribution in [0.2, 0.25) is 0 Å². The minimum Gasteiger partial charge on any atom is -0.381 e. The van der Waals surface area contributed by atoms with Gasteiger partial charge in [-0.2, -0.15) is 5.10 Å². The minimum atomic E-state index is 0.290. The van der Waals surface area contributed by atoms with E-state index in [0.717, 1.165) is 51.4 Å². The zero-order valence-corrected chi connectivity index (χ0v) is 10.1. The van der Waals surface area contributed by atoms with Gasteiger partial charge in [-0.1, -0.05) is 0 Å². The standard InChI is InChI=1S/C12H20N4O/c13-10-2-1-4-16(7-10)12-6-11(14-15-12)9-3-5-17-8-9/h6,9-10H,1-5,7-8,13H2,(H,14,15). The smallest absolute Gasteiger partial charge is 0.150 e. The first-order valence-corrected chi connectivity index (χ1v) is 6.46. The molecule has 94 valence electrons. The number of nitrogens with two attached hydrogens (primary N) is 1. The number of nitrogens with zero attached hydrogens (tertiary/aromatic N) is 2. The third-order valence-electron chi connectivity index (χ3n) is 3.74. The number of anilines is 1. The van der Waals surface area contributed by atoms with E-state index in [0.29, 0.717) is 12.0 Å². The maximum atomic E-state index is 5.99. The maximum Gasteiger partial charge on any atom is 0.150 e. The summed E-state index contributed by atoms with van der Waals surface area (Å²) in [6.45, 7) is 3.68. The predicted octanol–water partition coefficient (Wildman–Crippen LogP) is 0.841. The third kappa shape index (κ3) is 2.30. The molecule has 0 amide bonds. The van der Waals surface area contributed by atoms with Crippen molar-refractivity contribution < 1.29 is 4.74 Å². The summed E-state index contributed by atoms with van der Waals surface area (Å²) in [4.78, 5) is 2.28. The lowest BCUT2D eigenvalue weighted by Crippen LogP contribution is -2.43. The van der Waals surface area contributed by atoms with Gasteiger partial charge < -0.3 is 15.4 Å². The Morgan fingerprint density at radius 1 is 1.47 bits per heavy atom. The van der Waals surface area contributed by atoms with Crippen LogP contribution in [0.15, 0.2) is 6.07 Å². The van der Waals surface area contributed by atoms with Gasteiger partial charge in [0.2, 0.25) is 0 Å². The summed E-state index contributed by atoms with van der Waals surface area (Å²) < 4.78 is 5.40. The van der Waals surface area contributed by atoms with E-state index in [-0.39, 0.29) is 0 Å². The zero-order chi connectivity index (χ0) is 11.7. The number of aromatic amines is 1. The van der Waals surface area contributed by atoms with Crippen LogP contribution < -0.4 is 10.6 Å². The monoisotopic (exact) mass is 236 g/mol. The Labute approximate surface area is 101 Å². The highest BCUT2D eigenvalue weighted by molar-refractivity contribution is 5.41. The van der Waals surface area contributed by atoms with Gasteiger partial charge in [-0.15, -0.1) is 0 Å². The SMILES string of the molecule is NC1CCCN(c2cc(C3CCOC3)[nH]n2)C1. The summed E-state index contributed by atoms with van der Waals surface area (Å²) in [5.41, 5.74) is 7.20. The molecule has 1 aromatic rings. The van der Waals surface area contributed by atoms with Crippen LogP contribution in [0.25, 0.3) is 0 Å². The number of rotatable bonds is 2. The van der Waals surface area contributed by atoms with Crippen molar-refractivity contribution in [3.8, 4) is 0 Å². The van der Waals surface area contributed by atoms with Gasteiger partial charge in [0, 0.05) is 43.4 Å². The maximum absolute atomic E-state index is 5.99. The summed E-state index contributed by atoms with van der Waals surface area (Å²) in [7, 11) is 0. The fraction of sp³-hybridized carbons (Fsp3) is 0.750. The van der Waals surface area contributed by atoms with Crippen molar-refractivity contribution in [2.45, 2.75) is 31.2 Å². The average Bonchev–Trinajstić information content (AvgIpc) is 3.00. The van der Waals surface area contributed by atoms with Crippen LogP contribution in [0.3, 0.4) is 0 Å². The number of ether oxygens (including phenoxy) is 1. The lowest BCUT2D eigenvalue weighted by Gasteiger charge is -2.30. The molecule has 5 nitrogen and oxygen atoms in total. The third-order valence-corrected chi connectivity index (χ3v) is 3.74. The topological polar surface area (TPSA) is 67.2 Å². The Kier molecular flexibility index (Phi) is 3.03. The van der Waals surface area contributed by atoms with Crippen LogP contribution in [0.4, 0.5) is 5.82 Å². The van der Waals surface area contributed by atoms with Crippen molar-refractivity contribution in [1.82, 2.24) is 10.2 Å². The van der Waals surface area contributed by atoms with Crippen LogP contribution in [0.5, 0.6) is 0 Å².